The second-order valence-corrected chi connectivity index (χ2v) is 5.24. The van der Waals surface area contributed by atoms with Crippen molar-refractivity contribution in [3.8, 4) is 0 Å². The fourth-order valence-electron chi connectivity index (χ4n) is 2.88. The minimum Gasteiger partial charge on any atom is -0.480 e. The number of nitrogens with zero attached hydrogens (tertiary/aromatic N) is 2. The van der Waals surface area contributed by atoms with E-state index >= 15 is 0 Å². The summed E-state index contributed by atoms with van der Waals surface area (Å²) in [5, 5.41) is 9.80. The van der Waals surface area contributed by atoms with Crippen molar-refractivity contribution in [3.63, 3.8) is 0 Å². The summed E-state index contributed by atoms with van der Waals surface area (Å²) < 4.78 is 7.20. The smallest absolute Gasteiger partial charge is 0.326 e. The quantitative estimate of drug-likeness (QED) is 0.893. The van der Waals surface area contributed by atoms with Crippen LogP contribution in [0.2, 0.25) is 5.15 Å². The number of fused-ring (bicyclic) bond motifs is 1. The molecule has 1 aromatic heterocycles. The molecule has 0 radical (unpaired) electrons. The van der Waals surface area contributed by atoms with Crippen LogP contribution in [0.15, 0.2) is 0 Å². The minimum atomic E-state index is -0.801. The zero-order valence-corrected chi connectivity index (χ0v) is 10.7. The molecule has 2 atom stereocenters. The van der Waals surface area contributed by atoms with Gasteiger partial charge in [-0.2, -0.15) is 0 Å². The lowest BCUT2D eigenvalue weighted by atomic mass is 10.0. The fourth-order valence-corrected chi connectivity index (χ4v) is 3.15. The third-order valence-corrected chi connectivity index (χ3v) is 4.07. The predicted molar refractivity (Wildman–Crippen MR) is 65.0 cm³/mol. The first-order valence-electron chi connectivity index (χ1n) is 6.25. The van der Waals surface area contributed by atoms with E-state index in [0.717, 1.165) is 30.8 Å². The number of aliphatic carboxylic acids is 1. The molecule has 0 aromatic carbocycles. The van der Waals surface area contributed by atoms with Crippen molar-refractivity contribution in [1.29, 1.82) is 0 Å². The lowest BCUT2D eigenvalue weighted by Crippen LogP contribution is -2.27. The average Bonchev–Trinajstić information content (AvgIpc) is 2.97. The summed E-state index contributed by atoms with van der Waals surface area (Å²) in [4.78, 5) is 15.8. The van der Waals surface area contributed by atoms with E-state index in [4.69, 9.17) is 16.3 Å². The second-order valence-electron chi connectivity index (χ2n) is 4.88. The zero-order chi connectivity index (χ0) is 12.7. The van der Waals surface area contributed by atoms with Crippen LogP contribution < -0.4 is 0 Å². The van der Waals surface area contributed by atoms with Crippen LogP contribution in [0.5, 0.6) is 0 Å². The molecule has 1 saturated heterocycles. The maximum Gasteiger partial charge on any atom is 0.326 e. The van der Waals surface area contributed by atoms with Crippen LogP contribution in [-0.2, 0) is 16.0 Å². The lowest BCUT2D eigenvalue weighted by Gasteiger charge is -2.25. The normalized spacial score (nSPS) is 27.2. The molecule has 2 aliphatic heterocycles. The van der Waals surface area contributed by atoms with Crippen molar-refractivity contribution < 1.29 is 14.6 Å². The molecule has 0 amide bonds. The molecule has 1 aromatic rings. The van der Waals surface area contributed by atoms with Gasteiger partial charge >= 0.3 is 5.97 Å². The molecular weight excluding hydrogens is 256 g/mol. The van der Waals surface area contributed by atoms with Crippen LogP contribution in [0, 0.1) is 0 Å². The molecule has 1 fully saturated rings. The molecule has 18 heavy (non-hydrogen) atoms. The van der Waals surface area contributed by atoms with Gasteiger partial charge in [-0.25, -0.2) is 9.78 Å². The van der Waals surface area contributed by atoms with Crippen molar-refractivity contribution in [2.24, 2.45) is 0 Å². The molecule has 3 rings (SSSR count). The summed E-state index contributed by atoms with van der Waals surface area (Å²) in [6, 6.07) is -0.524. The maximum atomic E-state index is 11.4. The third-order valence-electron chi connectivity index (χ3n) is 3.77. The van der Waals surface area contributed by atoms with Gasteiger partial charge in [-0.1, -0.05) is 11.6 Å². The number of aromatic nitrogens is 2. The summed E-state index contributed by atoms with van der Waals surface area (Å²) in [5.41, 5.74) is 0.872. The topological polar surface area (TPSA) is 64.3 Å². The molecule has 0 aliphatic carbocycles. The highest BCUT2D eigenvalue weighted by Gasteiger charge is 2.34. The van der Waals surface area contributed by atoms with Crippen molar-refractivity contribution in [2.75, 3.05) is 13.2 Å². The number of hydrogen-bond donors (Lipinski definition) is 1. The standard InChI is InChI=1S/C12H15ClN2O3/c13-10-8-2-1-3-9(12(16)17)15(8)11(14-10)7-4-5-18-6-7/h7,9H,1-6H2,(H,16,17). The van der Waals surface area contributed by atoms with Gasteiger partial charge in [-0.3, -0.25) is 0 Å². The first-order valence-corrected chi connectivity index (χ1v) is 6.63. The molecule has 98 valence electrons. The Labute approximate surface area is 110 Å². The molecule has 3 heterocycles. The van der Waals surface area contributed by atoms with Gasteiger partial charge in [0.25, 0.3) is 0 Å². The SMILES string of the molecule is O=C(O)C1CCCc2c(Cl)nc(C3CCOC3)n21. The van der Waals surface area contributed by atoms with Crippen molar-refractivity contribution in [3.05, 3.63) is 16.7 Å². The summed E-state index contributed by atoms with van der Waals surface area (Å²) >= 11 is 6.15. The fraction of sp³-hybridized carbons (Fsp3) is 0.667. The Balaban J connectivity index is 2.07. The molecule has 6 heteroatoms. The highest BCUT2D eigenvalue weighted by molar-refractivity contribution is 6.30. The van der Waals surface area contributed by atoms with E-state index in [-0.39, 0.29) is 5.92 Å². The van der Waals surface area contributed by atoms with Crippen molar-refractivity contribution in [1.82, 2.24) is 9.55 Å². The van der Waals surface area contributed by atoms with E-state index in [1.807, 2.05) is 4.57 Å². The molecule has 0 saturated carbocycles. The van der Waals surface area contributed by atoms with Crippen molar-refractivity contribution >= 4 is 17.6 Å². The van der Waals surface area contributed by atoms with Gasteiger partial charge in [0.2, 0.25) is 0 Å². The summed E-state index contributed by atoms with van der Waals surface area (Å²) in [7, 11) is 0. The van der Waals surface area contributed by atoms with Crippen LogP contribution in [0.3, 0.4) is 0 Å². The Kier molecular flexibility index (Phi) is 3.03. The Hall–Kier alpha value is -1.07. The monoisotopic (exact) mass is 270 g/mol. The lowest BCUT2D eigenvalue weighted by molar-refractivity contribution is -0.141. The highest BCUT2D eigenvalue weighted by Crippen LogP contribution is 2.36. The molecular formula is C12H15ClN2O3. The molecule has 2 unspecified atom stereocenters. The Morgan fingerprint density at radius 1 is 1.50 bits per heavy atom. The Morgan fingerprint density at radius 2 is 2.33 bits per heavy atom. The molecule has 0 bridgehead atoms. The third kappa shape index (κ3) is 1.82. The summed E-state index contributed by atoms with van der Waals surface area (Å²) in [6.07, 6.45) is 3.20. The number of carboxylic acids is 1. The predicted octanol–water partition coefficient (Wildman–Crippen LogP) is 2.00. The number of halogens is 1. The van der Waals surface area contributed by atoms with Gasteiger partial charge < -0.3 is 14.4 Å². The number of carboxylic acid groups (broad SMARTS) is 1. The largest absolute Gasteiger partial charge is 0.480 e. The summed E-state index contributed by atoms with van der Waals surface area (Å²) in [6.45, 7) is 1.32. The van der Waals surface area contributed by atoms with E-state index in [2.05, 4.69) is 4.98 Å². The van der Waals surface area contributed by atoms with Gasteiger partial charge in [-0.15, -0.1) is 0 Å². The molecule has 5 nitrogen and oxygen atoms in total. The summed E-state index contributed by atoms with van der Waals surface area (Å²) in [5.74, 6) is 0.168. The number of rotatable bonds is 2. The maximum absolute atomic E-state index is 11.4. The Bertz CT molecular complexity index is 480. The number of ether oxygens (including phenoxy) is 1. The minimum absolute atomic E-state index is 0.177. The first-order chi connectivity index (χ1) is 8.68. The van der Waals surface area contributed by atoms with Crippen LogP contribution >= 0.6 is 11.6 Å². The van der Waals surface area contributed by atoms with E-state index < -0.39 is 12.0 Å². The van der Waals surface area contributed by atoms with Crippen LogP contribution in [0.1, 0.15) is 42.7 Å². The zero-order valence-electron chi connectivity index (χ0n) is 9.93. The van der Waals surface area contributed by atoms with Gasteiger partial charge in [-0.05, 0) is 25.7 Å². The molecule has 2 aliphatic rings. The van der Waals surface area contributed by atoms with E-state index in [1.165, 1.54) is 0 Å². The van der Waals surface area contributed by atoms with E-state index in [9.17, 15) is 9.90 Å². The number of carbonyl (C=O) groups is 1. The highest BCUT2D eigenvalue weighted by atomic mass is 35.5. The molecule has 1 N–H and O–H groups in total. The van der Waals surface area contributed by atoms with Crippen molar-refractivity contribution in [2.45, 2.75) is 37.6 Å². The number of hydrogen-bond acceptors (Lipinski definition) is 3. The second kappa shape index (κ2) is 4.55. The van der Waals surface area contributed by atoms with Gasteiger partial charge in [0.1, 0.15) is 11.9 Å². The Morgan fingerprint density at radius 3 is 3.00 bits per heavy atom. The van der Waals surface area contributed by atoms with Gasteiger partial charge in [0.05, 0.1) is 12.3 Å². The van der Waals surface area contributed by atoms with Crippen LogP contribution in [-0.4, -0.2) is 33.8 Å². The first kappa shape index (κ1) is 12.0. The van der Waals surface area contributed by atoms with Gasteiger partial charge in [0, 0.05) is 12.5 Å². The van der Waals surface area contributed by atoms with Crippen LogP contribution in [0.25, 0.3) is 0 Å². The van der Waals surface area contributed by atoms with Gasteiger partial charge in [0.15, 0.2) is 5.15 Å². The molecule has 0 spiro atoms. The average molecular weight is 271 g/mol. The van der Waals surface area contributed by atoms with Crippen LogP contribution in [0.4, 0.5) is 0 Å². The van der Waals surface area contributed by atoms with E-state index in [0.29, 0.717) is 24.8 Å². The number of imidazole rings is 1. The van der Waals surface area contributed by atoms with E-state index in [1.54, 1.807) is 0 Å².